The van der Waals surface area contributed by atoms with Crippen LogP contribution in [0.25, 0.3) is 0 Å². The summed E-state index contributed by atoms with van der Waals surface area (Å²) in [6.07, 6.45) is 4.95. The summed E-state index contributed by atoms with van der Waals surface area (Å²) in [5.74, 6) is -0.608. The maximum atomic E-state index is 11.4. The maximum Gasteiger partial charge on any atom is 0.310 e. The van der Waals surface area contributed by atoms with Crippen molar-refractivity contribution in [2.75, 3.05) is 13.1 Å². The lowest BCUT2D eigenvalue weighted by molar-refractivity contribution is -0.153. The van der Waals surface area contributed by atoms with E-state index in [0.717, 1.165) is 32.4 Å². The van der Waals surface area contributed by atoms with E-state index in [9.17, 15) is 9.90 Å². The molecule has 3 heteroatoms. The third-order valence-electron chi connectivity index (χ3n) is 4.07. The molecule has 1 rings (SSSR count). The van der Waals surface area contributed by atoms with Crippen molar-refractivity contribution < 1.29 is 9.90 Å². The Balaban J connectivity index is 2.68. The summed E-state index contributed by atoms with van der Waals surface area (Å²) in [7, 11) is 0. The third kappa shape index (κ3) is 2.76. The van der Waals surface area contributed by atoms with Gasteiger partial charge in [0.25, 0.3) is 0 Å². The van der Waals surface area contributed by atoms with E-state index in [1.807, 2.05) is 6.92 Å². The molecule has 0 saturated carbocycles. The fourth-order valence-electron chi connectivity index (χ4n) is 2.76. The minimum atomic E-state index is -0.608. The Kier molecular flexibility index (Phi) is 4.78. The van der Waals surface area contributed by atoms with E-state index in [2.05, 4.69) is 18.7 Å². The fourth-order valence-corrected chi connectivity index (χ4v) is 2.76. The zero-order valence-corrected chi connectivity index (χ0v) is 10.8. The number of piperidine rings is 1. The molecule has 1 saturated heterocycles. The van der Waals surface area contributed by atoms with Crippen LogP contribution in [0.2, 0.25) is 0 Å². The summed E-state index contributed by atoms with van der Waals surface area (Å²) in [5.41, 5.74) is -0.486. The van der Waals surface area contributed by atoms with E-state index in [-0.39, 0.29) is 0 Å². The first-order chi connectivity index (χ1) is 7.55. The highest BCUT2D eigenvalue weighted by Crippen LogP contribution is 2.34. The van der Waals surface area contributed by atoms with E-state index in [0.29, 0.717) is 6.04 Å². The Labute approximate surface area is 98.8 Å². The van der Waals surface area contributed by atoms with E-state index >= 15 is 0 Å². The van der Waals surface area contributed by atoms with Gasteiger partial charge in [0.2, 0.25) is 0 Å². The molecule has 1 aliphatic heterocycles. The van der Waals surface area contributed by atoms with Crippen molar-refractivity contribution in [3.63, 3.8) is 0 Å². The van der Waals surface area contributed by atoms with Crippen LogP contribution in [0, 0.1) is 5.41 Å². The number of rotatable bonds is 5. The van der Waals surface area contributed by atoms with Gasteiger partial charge in [0.1, 0.15) is 0 Å². The van der Waals surface area contributed by atoms with Gasteiger partial charge in [-0.2, -0.15) is 0 Å². The van der Waals surface area contributed by atoms with E-state index in [4.69, 9.17) is 0 Å². The van der Waals surface area contributed by atoms with E-state index in [1.54, 1.807) is 0 Å². The molecule has 2 unspecified atom stereocenters. The predicted molar refractivity (Wildman–Crippen MR) is 65.5 cm³/mol. The first kappa shape index (κ1) is 13.5. The van der Waals surface area contributed by atoms with Gasteiger partial charge in [0.05, 0.1) is 5.41 Å². The van der Waals surface area contributed by atoms with Crippen LogP contribution < -0.4 is 0 Å². The van der Waals surface area contributed by atoms with Gasteiger partial charge in [0.15, 0.2) is 0 Å². The first-order valence-corrected chi connectivity index (χ1v) is 6.53. The van der Waals surface area contributed by atoms with Crippen LogP contribution in [0.3, 0.4) is 0 Å². The molecule has 0 aromatic carbocycles. The van der Waals surface area contributed by atoms with E-state index in [1.165, 1.54) is 12.8 Å². The van der Waals surface area contributed by atoms with Gasteiger partial charge in [-0.1, -0.05) is 20.3 Å². The Morgan fingerprint density at radius 2 is 2.19 bits per heavy atom. The summed E-state index contributed by atoms with van der Waals surface area (Å²) < 4.78 is 0. The molecule has 1 heterocycles. The molecule has 2 atom stereocenters. The van der Waals surface area contributed by atoms with Gasteiger partial charge in [-0.15, -0.1) is 0 Å². The Morgan fingerprint density at radius 1 is 1.50 bits per heavy atom. The molecular formula is C13H25NO2. The van der Waals surface area contributed by atoms with Crippen LogP contribution in [0.1, 0.15) is 52.9 Å². The fraction of sp³-hybridized carbons (Fsp3) is 0.923. The van der Waals surface area contributed by atoms with Crippen LogP contribution in [0.15, 0.2) is 0 Å². The molecule has 0 radical (unpaired) electrons. The number of nitrogens with zero attached hydrogens (tertiary/aromatic N) is 1. The molecule has 0 spiro atoms. The van der Waals surface area contributed by atoms with Crippen molar-refractivity contribution >= 4 is 5.97 Å². The number of carboxylic acid groups (broad SMARTS) is 1. The molecule has 0 bridgehead atoms. The molecule has 1 fully saturated rings. The molecular weight excluding hydrogens is 202 g/mol. The molecule has 94 valence electrons. The number of likely N-dealkylation sites (tertiary alicyclic amines) is 1. The lowest BCUT2D eigenvalue weighted by atomic mass is 9.77. The molecule has 0 aromatic rings. The van der Waals surface area contributed by atoms with Crippen LogP contribution in [0.4, 0.5) is 0 Å². The molecule has 0 amide bonds. The summed E-state index contributed by atoms with van der Waals surface area (Å²) in [6.45, 7) is 8.21. The average Bonchev–Trinajstić information content (AvgIpc) is 2.29. The first-order valence-electron chi connectivity index (χ1n) is 6.53. The van der Waals surface area contributed by atoms with Crippen LogP contribution in [0.5, 0.6) is 0 Å². The quantitative estimate of drug-likeness (QED) is 0.785. The van der Waals surface area contributed by atoms with Crippen LogP contribution in [-0.4, -0.2) is 35.1 Å². The molecule has 0 aromatic heterocycles. The topological polar surface area (TPSA) is 40.5 Å². The molecule has 16 heavy (non-hydrogen) atoms. The smallest absolute Gasteiger partial charge is 0.310 e. The number of hydrogen-bond acceptors (Lipinski definition) is 2. The highest BCUT2D eigenvalue weighted by atomic mass is 16.4. The van der Waals surface area contributed by atoms with Crippen molar-refractivity contribution in [1.82, 2.24) is 4.90 Å². The summed E-state index contributed by atoms with van der Waals surface area (Å²) >= 11 is 0. The number of carboxylic acids is 1. The third-order valence-corrected chi connectivity index (χ3v) is 4.07. The maximum absolute atomic E-state index is 11.4. The Bertz CT molecular complexity index is 242. The lowest BCUT2D eigenvalue weighted by Crippen LogP contribution is -2.50. The molecule has 1 aliphatic rings. The summed E-state index contributed by atoms with van der Waals surface area (Å²) in [4.78, 5) is 13.8. The van der Waals surface area contributed by atoms with Gasteiger partial charge in [0, 0.05) is 12.6 Å². The number of carbonyl (C=O) groups is 1. The zero-order valence-electron chi connectivity index (χ0n) is 10.8. The second-order valence-corrected chi connectivity index (χ2v) is 5.15. The second-order valence-electron chi connectivity index (χ2n) is 5.15. The van der Waals surface area contributed by atoms with Crippen molar-refractivity contribution in [3.05, 3.63) is 0 Å². The summed E-state index contributed by atoms with van der Waals surface area (Å²) in [6, 6.07) is 0.524. The van der Waals surface area contributed by atoms with Crippen molar-refractivity contribution in [2.45, 2.75) is 58.9 Å². The number of hydrogen-bond donors (Lipinski definition) is 1. The van der Waals surface area contributed by atoms with E-state index < -0.39 is 11.4 Å². The van der Waals surface area contributed by atoms with Gasteiger partial charge < -0.3 is 5.11 Å². The normalized spacial score (nSPS) is 28.9. The molecule has 1 N–H and O–H groups in total. The molecule has 0 aliphatic carbocycles. The van der Waals surface area contributed by atoms with Crippen LogP contribution in [-0.2, 0) is 4.79 Å². The zero-order chi connectivity index (χ0) is 12.2. The monoisotopic (exact) mass is 227 g/mol. The van der Waals surface area contributed by atoms with Crippen molar-refractivity contribution in [3.8, 4) is 0 Å². The molecule has 3 nitrogen and oxygen atoms in total. The van der Waals surface area contributed by atoms with Gasteiger partial charge >= 0.3 is 5.97 Å². The average molecular weight is 227 g/mol. The van der Waals surface area contributed by atoms with Crippen molar-refractivity contribution in [2.24, 2.45) is 5.41 Å². The van der Waals surface area contributed by atoms with Crippen molar-refractivity contribution in [1.29, 1.82) is 0 Å². The SMILES string of the molecule is CCCC(C)N1CCCC(CC)(C(=O)O)C1. The Hall–Kier alpha value is -0.570. The number of aliphatic carboxylic acids is 1. The van der Waals surface area contributed by atoms with Crippen LogP contribution >= 0.6 is 0 Å². The standard InChI is InChI=1S/C13H25NO2/c1-4-7-11(3)14-9-6-8-13(5-2,10-14)12(15)16/h11H,4-10H2,1-3H3,(H,15,16). The minimum Gasteiger partial charge on any atom is -0.481 e. The second kappa shape index (κ2) is 5.67. The highest BCUT2D eigenvalue weighted by molar-refractivity contribution is 5.75. The largest absolute Gasteiger partial charge is 0.481 e. The minimum absolute atomic E-state index is 0.486. The van der Waals surface area contributed by atoms with Gasteiger partial charge in [-0.05, 0) is 39.2 Å². The van der Waals surface area contributed by atoms with Gasteiger partial charge in [-0.25, -0.2) is 0 Å². The summed E-state index contributed by atoms with van der Waals surface area (Å²) in [5, 5.41) is 9.39. The Morgan fingerprint density at radius 3 is 2.69 bits per heavy atom. The lowest BCUT2D eigenvalue weighted by Gasteiger charge is -2.42. The van der Waals surface area contributed by atoms with Gasteiger partial charge in [-0.3, -0.25) is 9.69 Å². The predicted octanol–water partition coefficient (Wildman–Crippen LogP) is 2.75. The highest BCUT2D eigenvalue weighted by Gasteiger charge is 2.41.